The Morgan fingerprint density at radius 3 is 2.92 bits per heavy atom. The second-order valence-corrected chi connectivity index (χ2v) is 7.17. The average Bonchev–Trinajstić information content (AvgIpc) is 3.30. The third kappa shape index (κ3) is 3.09. The molecule has 24 heavy (non-hydrogen) atoms. The van der Waals surface area contributed by atoms with Crippen molar-refractivity contribution in [2.24, 2.45) is 0 Å². The highest BCUT2D eigenvalue weighted by Crippen LogP contribution is 2.23. The quantitative estimate of drug-likeness (QED) is 0.779. The zero-order valence-corrected chi connectivity index (χ0v) is 14.2. The van der Waals surface area contributed by atoms with Crippen LogP contribution in [-0.4, -0.2) is 35.0 Å². The Bertz CT molecular complexity index is 819. The van der Waals surface area contributed by atoms with Crippen LogP contribution in [0, 0.1) is 0 Å². The number of hydrogen-bond acceptors (Lipinski definition) is 3. The molecular weight excluding hydrogens is 320 g/mol. The van der Waals surface area contributed by atoms with Gasteiger partial charge in [-0.1, -0.05) is 12.1 Å². The van der Waals surface area contributed by atoms with E-state index in [2.05, 4.69) is 16.4 Å². The molecule has 2 aromatic heterocycles. The van der Waals surface area contributed by atoms with Gasteiger partial charge in [-0.2, -0.15) is 0 Å². The molecule has 4 rings (SSSR count). The minimum atomic E-state index is 0.104. The fourth-order valence-electron chi connectivity index (χ4n) is 3.28. The summed E-state index contributed by atoms with van der Waals surface area (Å²) in [6, 6.07) is 12.3. The van der Waals surface area contributed by atoms with Gasteiger partial charge in [0.05, 0.1) is 6.54 Å². The number of nitrogens with zero attached hydrogens (tertiary/aromatic N) is 1. The van der Waals surface area contributed by atoms with Gasteiger partial charge in [0.25, 0.3) is 5.91 Å². The minimum Gasteiger partial charge on any atom is -0.381 e. The molecule has 0 radical (unpaired) electrons. The lowest BCUT2D eigenvalue weighted by atomic mass is 10.0. The van der Waals surface area contributed by atoms with Crippen molar-refractivity contribution < 1.29 is 9.53 Å². The van der Waals surface area contributed by atoms with Crippen LogP contribution in [0.15, 0.2) is 48.0 Å². The van der Waals surface area contributed by atoms with Crippen molar-refractivity contribution >= 4 is 28.1 Å². The lowest BCUT2D eigenvalue weighted by Gasteiger charge is -2.34. The Balaban J connectivity index is 1.63. The summed E-state index contributed by atoms with van der Waals surface area (Å²) in [5.74, 6) is 0.104. The second kappa shape index (κ2) is 6.79. The molecule has 0 bridgehead atoms. The van der Waals surface area contributed by atoms with E-state index < -0.39 is 0 Å². The van der Waals surface area contributed by atoms with Gasteiger partial charge in [0.2, 0.25) is 0 Å². The molecule has 3 heterocycles. The molecule has 0 saturated carbocycles. The van der Waals surface area contributed by atoms with E-state index in [1.165, 1.54) is 4.88 Å². The van der Waals surface area contributed by atoms with E-state index in [1.807, 2.05) is 41.4 Å². The van der Waals surface area contributed by atoms with Crippen LogP contribution in [-0.2, 0) is 11.3 Å². The molecule has 1 amide bonds. The molecule has 1 saturated heterocycles. The molecule has 0 atom stereocenters. The predicted octanol–water partition coefficient (Wildman–Crippen LogP) is 4.05. The number of ether oxygens (including phenoxy) is 1. The first-order valence-electron chi connectivity index (χ1n) is 8.29. The molecule has 0 spiro atoms. The first-order valence-corrected chi connectivity index (χ1v) is 9.17. The van der Waals surface area contributed by atoms with Crippen LogP contribution in [0.3, 0.4) is 0 Å². The van der Waals surface area contributed by atoms with Gasteiger partial charge in [0.1, 0.15) is 0 Å². The molecule has 1 aliphatic heterocycles. The molecular formula is C19H20N2O2S. The summed E-state index contributed by atoms with van der Waals surface area (Å²) in [5.41, 5.74) is 1.75. The molecule has 1 N–H and O–H groups in total. The summed E-state index contributed by atoms with van der Waals surface area (Å²) < 4.78 is 5.48. The fraction of sp³-hybridized carbons (Fsp3) is 0.316. The normalized spacial score (nSPS) is 15.7. The van der Waals surface area contributed by atoms with Crippen molar-refractivity contribution in [3.8, 4) is 0 Å². The van der Waals surface area contributed by atoms with E-state index in [0.717, 1.165) is 42.5 Å². The topological polar surface area (TPSA) is 45.3 Å². The van der Waals surface area contributed by atoms with Crippen molar-refractivity contribution in [1.82, 2.24) is 9.88 Å². The number of nitrogens with one attached hydrogen (secondary N) is 1. The zero-order chi connectivity index (χ0) is 16.4. The summed E-state index contributed by atoms with van der Waals surface area (Å²) in [7, 11) is 0. The van der Waals surface area contributed by atoms with Crippen LogP contribution in [0.4, 0.5) is 0 Å². The number of aromatic nitrogens is 1. The van der Waals surface area contributed by atoms with Crippen LogP contribution in [0.1, 0.15) is 28.1 Å². The molecule has 0 aliphatic carbocycles. The number of H-pyrrole nitrogens is 1. The van der Waals surface area contributed by atoms with E-state index in [4.69, 9.17) is 4.74 Å². The van der Waals surface area contributed by atoms with E-state index in [-0.39, 0.29) is 11.9 Å². The van der Waals surface area contributed by atoms with Gasteiger partial charge in [-0.15, -0.1) is 11.3 Å². The van der Waals surface area contributed by atoms with E-state index >= 15 is 0 Å². The number of aromatic amines is 1. The van der Waals surface area contributed by atoms with Crippen LogP contribution in [0.25, 0.3) is 10.9 Å². The Kier molecular flexibility index (Phi) is 4.36. The predicted molar refractivity (Wildman–Crippen MR) is 96.3 cm³/mol. The first kappa shape index (κ1) is 15.4. The van der Waals surface area contributed by atoms with Gasteiger partial charge in [-0.05, 0) is 47.9 Å². The van der Waals surface area contributed by atoms with Gasteiger partial charge in [-0.25, -0.2) is 0 Å². The lowest BCUT2D eigenvalue weighted by Crippen LogP contribution is -2.42. The van der Waals surface area contributed by atoms with Crippen LogP contribution >= 0.6 is 11.3 Å². The molecule has 0 unspecified atom stereocenters. The fourth-order valence-corrected chi connectivity index (χ4v) is 3.98. The van der Waals surface area contributed by atoms with Gasteiger partial charge in [0, 0.05) is 41.4 Å². The monoisotopic (exact) mass is 340 g/mol. The zero-order valence-electron chi connectivity index (χ0n) is 13.4. The highest BCUT2D eigenvalue weighted by atomic mass is 32.1. The molecule has 1 aliphatic rings. The summed E-state index contributed by atoms with van der Waals surface area (Å²) in [4.78, 5) is 19.6. The van der Waals surface area contributed by atoms with Gasteiger partial charge >= 0.3 is 0 Å². The number of thiophene rings is 1. The number of amides is 1. The maximum atomic E-state index is 13.2. The third-order valence-electron chi connectivity index (χ3n) is 4.60. The summed E-state index contributed by atoms with van der Waals surface area (Å²) in [6.07, 6.45) is 3.71. The third-order valence-corrected chi connectivity index (χ3v) is 5.46. The smallest absolute Gasteiger partial charge is 0.254 e. The molecule has 1 aromatic carbocycles. The minimum absolute atomic E-state index is 0.104. The maximum Gasteiger partial charge on any atom is 0.254 e. The Morgan fingerprint density at radius 2 is 2.12 bits per heavy atom. The van der Waals surface area contributed by atoms with Gasteiger partial charge < -0.3 is 14.6 Å². The van der Waals surface area contributed by atoms with Crippen molar-refractivity contribution in [1.29, 1.82) is 0 Å². The van der Waals surface area contributed by atoms with E-state index in [9.17, 15) is 4.79 Å². The lowest BCUT2D eigenvalue weighted by molar-refractivity contribution is 0.0270. The number of benzene rings is 1. The second-order valence-electron chi connectivity index (χ2n) is 6.14. The Hall–Kier alpha value is -2.11. The molecule has 4 nitrogen and oxygen atoms in total. The number of rotatable bonds is 4. The number of fused-ring (bicyclic) bond motifs is 1. The molecule has 3 aromatic rings. The SMILES string of the molecule is O=C(c1ccc2cc[nH]c2c1)N(Cc1cccs1)C1CCOCC1. The summed E-state index contributed by atoms with van der Waals surface area (Å²) in [6.45, 7) is 2.13. The highest BCUT2D eigenvalue weighted by Gasteiger charge is 2.27. The highest BCUT2D eigenvalue weighted by molar-refractivity contribution is 7.09. The van der Waals surface area contributed by atoms with Gasteiger partial charge in [0.15, 0.2) is 0 Å². The van der Waals surface area contributed by atoms with E-state index in [1.54, 1.807) is 11.3 Å². The first-order chi connectivity index (χ1) is 11.8. The molecule has 124 valence electrons. The number of carbonyl (C=O) groups is 1. The Labute approximate surface area is 145 Å². The van der Waals surface area contributed by atoms with Crippen molar-refractivity contribution in [3.63, 3.8) is 0 Å². The average molecular weight is 340 g/mol. The summed E-state index contributed by atoms with van der Waals surface area (Å²) >= 11 is 1.70. The van der Waals surface area contributed by atoms with Gasteiger partial charge in [-0.3, -0.25) is 4.79 Å². The van der Waals surface area contributed by atoms with E-state index in [0.29, 0.717) is 6.54 Å². The van der Waals surface area contributed by atoms with Crippen LogP contribution < -0.4 is 0 Å². The number of carbonyl (C=O) groups excluding carboxylic acids is 1. The maximum absolute atomic E-state index is 13.2. The van der Waals surface area contributed by atoms with Crippen molar-refractivity contribution in [2.45, 2.75) is 25.4 Å². The van der Waals surface area contributed by atoms with Crippen molar-refractivity contribution in [3.05, 3.63) is 58.4 Å². The van der Waals surface area contributed by atoms with Crippen LogP contribution in [0.5, 0.6) is 0 Å². The standard InChI is InChI=1S/C19H20N2O2S/c22-19(15-4-3-14-5-8-20-18(14)12-15)21(13-17-2-1-11-24-17)16-6-9-23-10-7-16/h1-5,8,11-12,16,20H,6-7,9-10,13H2. The largest absolute Gasteiger partial charge is 0.381 e. The van der Waals surface area contributed by atoms with Crippen molar-refractivity contribution in [2.75, 3.05) is 13.2 Å². The summed E-state index contributed by atoms with van der Waals surface area (Å²) in [5, 5.41) is 3.19. The Morgan fingerprint density at radius 1 is 1.25 bits per heavy atom. The number of hydrogen-bond donors (Lipinski definition) is 1. The molecule has 5 heteroatoms. The molecule has 1 fully saturated rings. The van der Waals surface area contributed by atoms with Crippen LogP contribution in [0.2, 0.25) is 0 Å².